The molecule has 2 heterocycles. The predicted molar refractivity (Wildman–Crippen MR) is 45.6 cm³/mol. The van der Waals surface area contributed by atoms with Crippen LogP contribution in [0.3, 0.4) is 0 Å². The lowest BCUT2D eigenvalue weighted by Gasteiger charge is -1.89. The van der Waals surface area contributed by atoms with E-state index in [4.69, 9.17) is 11.6 Å². The number of nitro groups is 1. The molecule has 0 unspecified atom stereocenters. The van der Waals surface area contributed by atoms with Crippen LogP contribution in [0.25, 0.3) is 11.0 Å². The monoisotopic (exact) mass is 198 g/mol. The zero-order valence-electron chi connectivity index (χ0n) is 6.19. The Kier molecular flexibility index (Phi) is 1.63. The summed E-state index contributed by atoms with van der Waals surface area (Å²) in [5.74, 6) is 0. The number of hydrogen-bond donors (Lipinski definition) is 1. The van der Waals surface area contributed by atoms with E-state index in [9.17, 15) is 10.1 Å². The van der Waals surface area contributed by atoms with Gasteiger partial charge in [0.25, 0.3) is 0 Å². The van der Waals surface area contributed by atoms with Crippen molar-refractivity contribution in [3.63, 3.8) is 0 Å². The Hall–Kier alpha value is -1.69. The molecule has 2 rings (SSSR count). The molecule has 1 N–H and O–H groups in total. The van der Waals surface area contributed by atoms with Gasteiger partial charge < -0.3 is 4.98 Å². The smallest absolute Gasteiger partial charge is 0.312 e. The summed E-state index contributed by atoms with van der Waals surface area (Å²) in [5, 5.41) is 10.6. The molecule has 0 aromatic carbocycles. The number of hydrogen-bond acceptors (Lipinski definition) is 4. The Morgan fingerprint density at radius 3 is 3.00 bits per heavy atom. The van der Waals surface area contributed by atoms with Crippen LogP contribution in [0.15, 0.2) is 12.5 Å². The van der Waals surface area contributed by atoms with E-state index in [1.54, 1.807) is 0 Å². The van der Waals surface area contributed by atoms with E-state index < -0.39 is 4.92 Å². The lowest BCUT2D eigenvalue weighted by Crippen LogP contribution is -1.87. The maximum atomic E-state index is 10.5. The van der Waals surface area contributed by atoms with Gasteiger partial charge in [-0.2, -0.15) is 0 Å². The molecule has 2 aromatic heterocycles. The second-order valence-electron chi connectivity index (χ2n) is 2.32. The highest BCUT2D eigenvalue weighted by Gasteiger charge is 2.16. The third-order valence-corrected chi connectivity index (χ3v) is 1.88. The summed E-state index contributed by atoms with van der Waals surface area (Å²) < 4.78 is 0. The number of rotatable bonds is 1. The van der Waals surface area contributed by atoms with Crippen LogP contribution in [-0.4, -0.2) is 19.9 Å². The minimum Gasteiger partial charge on any atom is -0.351 e. The van der Waals surface area contributed by atoms with Crippen LogP contribution >= 0.6 is 11.6 Å². The zero-order valence-corrected chi connectivity index (χ0v) is 6.95. The predicted octanol–water partition coefficient (Wildman–Crippen LogP) is 1.52. The SMILES string of the molecule is O=[N+]([O-])c1c[nH]c2c(Cl)ncnc12. The Balaban J connectivity index is 2.83. The number of aromatic nitrogens is 3. The first-order chi connectivity index (χ1) is 6.20. The van der Waals surface area contributed by atoms with Crippen LogP contribution in [0.2, 0.25) is 5.15 Å². The van der Waals surface area contributed by atoms with Gasteiger partial charge in [0.05, 0.1) is 11.1 Å². The Bertz CT molecular complexity index is 480. The standard InChI is InChI=1S/C6H3ClN4O2/c7-6-5-4(9-2-10-6)3(1-8-5)11(12)13/h1-2,8H. The maximum Gasteiger partial charge on any atom is 0.312 e. The van der Waals surface area contributed by atoms with E-state index in [-0.39, 0.29) is 16.4 Å². The highest BCUT2D eigenvalue weighted by Crippen LogP contribution is 2.25. The van der Waals surface area contributed by atoms with Gasteiger partial charge in [0, 0.05) is 0 Å². The van der Waals surface area contributed by atoms with Crippen molar-refractivity contribution in [3.8, 4) is 0 Å². The van der Waals surface area contributed by atoms with Gasteiger partial charge in [-0.05, 0) is 0 Å². The Labute approximate surface area is 76.7 Å². The lowest BCUT2D eigenvalue weighted by molar-refractivity contribution is -0.383. The van der Waals surface area contributed by atoms with Gasteiger partial charge in [0.15, 0.2) is 10.7 Å². The van der Waals surface area contributed by atoms with Crippen LogP contribution in [0.1, 0.15) is 0 Å². The molecule has 0 bridgehead atoms. The van der Waals surface area contributed by atoms with Crippen molar-refractivity contribution in [2.45, 2.75) is 0 Å². The Morgan fingerprint density at radius 2 is 2.31 bits per heavy atom. The fraction of sp³-hybridized carbons (Fsp3) is 0. The summed E-state index contributed by atoms with van der Waals surface area (Å²) in [5.41, 5.74) is 0.514. The first-order valence-electron chi connectivity index (χ1n) is 3.32. The molecule has 7 heteroatoms. The molecule has 0 aliphatic carbocycles. The van der Waals surface area contributed by atoms with Crippen LogP contribution in [0.4, 0.5) is 5.69 Å². The number of nitrogens with zero attached hydrogens (tertiary/aromatic N) is 3. The first-order valence-corrected chi connectivity index (χ1v) is 3.70. The second kappa shape index (κ2) is 2.67. The van der Waals surface area contributed by atoms with Crippen LogP contribution in [-0.2, 0) is 0 Å². The second-order valence-corrected chi connectivity index (χ2v) is 2.68. The Morgan fingerprint density at radius 1 is 1.54 bits per heavy atom. The summed E-state index contributed by atoms with van der Waals surface area (Å²) in [6, 6.07) is 0. The molecule has 13 heavy (non-hydrogen) atoms. The van der Waals surface area contributed by atoms with Gasteiger partial charge in [-0.15, -0.1) is 0 Å². The van der Waals surface area contributed by atoms with Crippen molar-refractivity contribution in [3.05, 3.63) is 27.8 Å². The fourth-order valence-electron chi connectivity index (χ4n) is 1.03. The summed E-state index contributed by atoms with van der Waals surface area (Å²) in [4.78, 5) is 20.0. The van der Waals surface area contributed by atoms with Crippen molar-refractivity contribution in [1.29, 1.82) is 0 Å². The molecule has 0 atom stereocenters. The fourth-order valence-corrected chi connectivity index (χ4v) is 1.22. The van der Waals surface area contributed by atoms with Crippen LogP contribution < -0.4 is 0 Å². The minimum absolute atomic E-state index is 0.0979. The molecule has 0 fully saturated rings. The molecule has 0 radical (unpaired) electrons. The van der Waals surface area contributed by atoms with Gasteiger partial charge in [0.2, 0.25) is 0 Å². The molecular weight excluding hydrogens is 196 g/mol. The van der Waals surface area contributed by atoms with E-state index >= 15 is 0 Å². The van der Waals surface area contributed by atoms with E-state index in [1.807, 2.05) is 0 Å². The third kappa shape index (κ3) is 1.11. The number of fused-ring (bicyclic) bond motifs is 1. The summed E-state index contributed by atoms with van der Waals surface area (Å²) in [6.45, 7) is 0. The number of halogens is 1. The number of H-pyrrole nitrogens is 1. The molecule has 2 aromatic rings. The highest BCUT2D eigenvalue weighted by molar-refractivity contribution is 6.33. The van der Waals surface area contributed by atoms with E-state index in [1.165, 1.54) is 12.5 Å². The van der Waals surface area contributed by atoms with Crippen molar-refractivity contribution in [2.24, 2.45) is 0 Å². The lowest BCUT2D eigenvalue weighted by atomic mass is 10.4. The van der Waals surface area contributed by atoms with E-state index in [0.29, 0.717) is 5.52 Å². The molecule has 66 valence electrons. The molecule has 0 aliphatic rings. The molecular formula is C6H3ClN4O2. The highest BCUT2D eigenvalue weighted by atomic mass is 35.5. The van der Waals surface area contributed by atoms with Gasteiger partial charge in [-0.3, -0.25) is 10.1 Å². The zero-order chi connectivity index (χ0) is 9.42. The van der Waals surface area contributed by atoms with Gasteiger partial charge >= 0.3 is 5.69 Å². The van der Waals surface area contributed by atoms with Crippen molar-refractivity contribution < 1.29 is 4.92 Å². The average Bonchev–Trinajstić information content (AvgIpc) is 2.48. The topological polar surface area (TPSA) is 84.7 Å². The largest absolute Gasteiger partial charge is 0.351 e. The van der Waals surface area contributed by atoms with Crippen LogP contribution in [0, 0.1) is 10.1 Å². The van der Waals surface area contributed by atoms with Gasteiger partial charge in [-0.25, -0.2) is 9.97 Å². The molecule has 0 saturated carbocycles. The van der Waals surface area contributed by atoms with Gasteiger partial charge in [-0.1, -0.05) is 11.6 Å². The summed E-state index contributed by atoms with van der Waals surface area (Å²) >= 11 is 5.67. The summed E-state index contributed by atoms with van der Waals surface area (Å²) in [7, 11) is 0. The van der Waals surface area contributed by atoms with Crippen molar-refractivity contribution >= 4 is 28.3 Å². The average molecular weight is 199 g/mol. The van der Waals surface area contributed by atoms with Crippen molar-refractivity contribution in [1.82, 2.24) is 15.0 Å². The van der Waals surface area contributed by atoms with Crippen LogP contribution in [0.5, 0.6) is 0 Å². The normalized spacial score (nSPS) is 10.5. The molecule has 0 aliphatic heterocycles. The maximum absolute atomic E-state index is 10.5. The molecule has 6 nitrogen and oxygen atoms in total. The number of nitrogens with one attached hydrogen (secondary N) is 1. The van der Waals surface area contributed by atoms with Gasteiger partial charge in [0.1, 0.15) is 11.8 Å². The summed E-state index contributed by atoms with van der Waals surface area (Å²) in [6.07, 6.45) is 2.43. The van der Waals surface area contributed by atoms with E-state index in [2.05, 4.69) is 15.0 Å². The molecule has 0 spiro atoms. The molecule has 0 saturated heterocycles. The molecule has 0 amide bonds. The number of aromatic amines is 1. The quantitative estimate of drug-likeness (QED) is 0.428. The van der Waals surface area contributed by atoms with Crippen molar-refractivity contribution in [2.75, 3.05) is 0 Å². The minimum atomic E-state index is -0.526. The van der Waals surface area contributed by atoms with E-state index in [0.717, 1.165) is 0 Å². The third-order valence-electron chi connectivity index (χ3n) is 1.59. The first kappa shape index (κ1) is 7.93.